The SMILES string of the molecule is c1ccc(-c2ccc(N(c3ccccc3)c3ccc(-c4cc[c]([Ge]([c]5ccccc5)([c]5ccccc5)[c]5ccccc5)c5ccccc45)cc3)cc2)cc1. The van der Waals surface area contributed by atoms with Crippen molar-refractivity contribution in [2.24, 2.45) is 0 Å². The van der Waals surface area contributed by atoms with Crippen LogP contribution in [0.25, 0.3) is 33.0 Å². The molecule has 0 aromatic heterocycles. The quantitative estimate of drug-likeness (QED) is 0.133. The van der Waals surface area contributed by atoms with Crippen LogP contribution in [0.15, 0.2) is 237 Å². The van der Waals surface area contributed by atoms with E-state index in [1.54, 1.807) is 0 Å². The van der Waals surface area contributed by atoms with Crippen molar-refractivity contribution in [2.75, 3.05) is 4.90 Å². The average molecular weight is 751 g/mol. The van der Waals surface area contributed by atoms with Crippen molar-refractivity contribution in [2.45, 2.75) is 0 Å². The average Bonchev–Trinajstić information content (AvgIpc) is 3.26. The van der Waals surface area contributed by atoms with E-state index in [0.29, 0.717) is 0 Å². The van der Waals surface area contributed by atoms with Gasteiger partial charge in [0.1, 0.15) is 0 Å². The monoisotopic (exact) mass is 751 g/mol. The second kappa shape index (κ2) is 14.9. The van der Waals surface area contributed by atoms with E-state index in [0.717, 1.165) is 17.1 Å². The molecular weight excluding hydrogens is 711 g/mol. The van der Waals surface area contributed by atoms with Crippen LogP contribution in [0.3, 0.4) is 0 Å². The topological polar surface area (TPSA) is 3.24 Å². The second-order valence-corrected chi connectivity index (χ2v) is 21.6. The normalized spacial score (nSPS) is 11.3. The molecule has 0 saturated heterocycles. The number of rotatable bonds is 9. The van der Waals surface area contributed by atoms with Gasteiger partial charge in [-0.15, -0.1) is 0 Å². The van der Waals surface area contributed by atoms with Crippen molar-refractivity contribution in [3.8, 4) is 22.3 Å². The van der Waals surface area contributed by atoms with E-state index in [9.17, 15) is 0 Å². The van der Waals surface area contributed by atoms with Gasteiger partial charge in [0.05, 0.1) is 0 Å². The Kier molecular flexibility index (Phi) is 9.23. The zero-order valence-corrected chi connectivity index (χ0v) is 32.1. The number of fused-ring (bicyclic) bond motifs is 1. The van der Waals surface area contributed by atoms with Gasteiger partial charge < -0.3 is 0 Å². The number of benzene rings is 9. The summed E-state index contributed by atoms with van der Waals surface area (Å²) >= 11 is -3.49. The number of hydrogen-bond acceptors (Lipinski definition) is 1. The standard InChI is InChI=1S/C52H39GeN/c1-6-18-40(19-7-1)41-30-34-47(35-31-41)54(46-26-14-5-15-27-46)48-36-32-42(33-37-48)49-38-39-52(51-29-17-16-28-50(49)51)53(43-20-8-2-9-21-43,44-22-10-3-11-23-44)45-24-12-4-13-25-45/h1-39H. The molecule has 0 spiro atoms. The Morgan fingerprint density at radius 3 is 1.13 bits per heavy atom. The van der Waals surface area contributed by atoms with Crippen LogP contribution in [0.4, 0.5) is 17.1 Å². The number of anilines is 3. The molecule has 9 aromatic carbocycles. The summed E-state index contributed by atoms with van der Waals surface area (Å²) in [6.07, 6.45) is 0. The molecular formula is C52H39GeN. The van der Waals surface area contributed by atoms with Gasteiger partial charge in [0, 0.05) is 0 Å². The molecule has 0 aliphatic heterocycles. The van der Waals surface area contributed by atoms with Crippen molar-refractivity contribution in [3.63, 3.8) is 0 Å². The summed E-state index contributed by atoms with van der Waals surface area (Å²) in [5, 5.41) is 2.59. The van der Waals surface area contributed by atoms with Crippen LogP contribution < -0.4 is 22.5 Å². The van der Waals surface area contributed by atoms with E-state index in [1.807, 2.05) is 0 Å². The molecule has 0 amide bonds. The smallest absolute Gasteiger partial charge is 0.0617 e. The predicted octanol–water partition coefficient (Wildman–Crippen LogP) is 11.0. The first kappa shape index (κ1) is 33.4. The molecule has 256 valence electrons. The van der Waals surface area contributed by atoms with Gasteiger partial charge in [-0.05, 0) is 11.1 Å². The third kappa shape index (κ3) is 6.13. The zero-order chi connectivity index (χ0) is 36.2. The van der Waals surface area contributed by atoms with Crippen LogP contribution in [-0.4, -0.2) is 13.3 Å². The molecule has 1 nitrogen and oxygen atoms in total. The third-order valence-electron chi connectivity index (χ3n) is 10.6. The summed E-state index contributed by atoms with van der Waals surface area (Å²) in [4.78, 5) is 2.33. The predicted molar refractivity (Wildman–Crippen MR) is 233 cm³/mol. The fourth-order valence-corrected chi connectivity index (χ4v) is 18.6. The van der Waals surface area contributed by atoms with Crippen LogP contribution in [-0.2, 0) is 0 Å². The summed E-state index contributed by atoms with van der Waals surface area (Å²) in [5.74, 6) is 0. The zero-order valence-electron chi connectivity index (χ0n) is 30.0. The Balaban J connectivity index is 1.17. The van der Waals surface area contributed by atoms with E-state index >= 15 is 0 Å². The minimum Gasteiger partial charge on any atom is -0.0617 e. The van der Waals surface area contributed by atoms with Crippen LogP contribution in [0.2, 0.25) is 0 Å². The van der Waals surface area contributed by atoms with Crippen molar-refractivity contribution in [1.29, 1.82) is 0 Å². The van der Waals surface area contributed by atoms with E-state index in [-0.39, 0.29) is 0 Å². The fraction of sp³-hybridized carbons (Fsp3) is 0. The van der Waals surface area contributed by atoms with Crippen LogP contribution in [0.5, 0.6) is 0 Å². The first-order chi connectivity index (χ1) is 26.8. The molecule has 0 N–H and O–H groups in total. The molecule has 0 fully saturated rings. The molecule has 0 heterocycles. The number of para-hydroxylation sites is 1. The summed E-state index contributed by atoms with van der Waals surface area (Å²) < 4.78 is 5.73. The maximum absolute atomic E-state index is 3.49. The van der Waals surface area contributed by atoms with Gasteiger partial charge in [-0.2, -0.15) is 0 Å². The van der Waals surface area contributed by atoms with Crippen LogP contribution in [0.1, 0.15) is 0 Å². The molecule has 2 heteroatoms. The first-order valence-electron chi connectivity index (χ1n) is 18.6. The molecule has 54 heavy (non-hydrogen) atoms. The fourth-order valence-electron chi connectivity index (χ4n) is 8.16. The van der Waals surface area contributed by atoms with Crippen LogP contribution in [0, 0.1) is 0 Å². The summed E-state index contributed by atoms with van der Waals surface area (Å²) in [6, 6.07) is 86.8. The van der Waals surface area contributed by atoms with Crippen molar-refractivity contribution >= 4 is 58.7 Å². The van der Waals surface area contributed by atoms with Gasteiger partial charge in [-0.25, -0.2) is 0 Å². The summed E-state index contributed by atoms with van der Waals surface area (Å²) in [6.45, 7) is 0. The molecule has 9 aromatic rings. The van der Waals surface area contributed by atoms with Gasteiger partial charge in [0.15, 0.2) is 0 Å². The maximum atomic E-state index is 2.45. The van der Waals surface area contributed by atoms with Crippen molar-refractivity contribution in [1.82, 2.24) is 0 Å². The first-order valence-corrected chi connectivity index (χ1v) is 22.8. The minimum atomic E-state index is -3.49. The second-order valence-electron chi connectivity index (χ2n) is 13.7. The van der Waals surface area contributed by atoms with E-state index in [1.165, 1.54) is 50.6 Å². The molecule has 0 aliphatic rings. The Bertz CT molecular complexity index is 2510. The van der Waals surface area contributed by atoms with E-state index < -0.39 is 13.3 Å². The molecule has 9 rings (SSSR count). The van der Waals surface area contributed by atoms with Gasteiger partial charge in [0.2, 0.25) is 0 Å². The van der Waals surface area contributed by atoms with Crippen molar-refractivity contribution in [3.05, 3.63) is 237 Å². The Morgan fingerprint density at radius 2 is 0.630 bits per heavy atom. The van der Waals surface area contributed by atoms with Crippen LogP contribution >= 0.6 is 0 Å². The molecule has 0 atom stereocenters. The molecule has 0 bridgehead atoms. The van der Waals surface area contributed by atoms with Gasteiger partial charge >= 0.3 is 275 Å². The van der Waals surface area contributed by atoms with Gasteiger partial charge in [-0.1, -0.05) is 36.4 Å². The molecule has 0 radical (unpaired) electrons. The van der Waals surface area contributed by atoms with Gasteiger partial charge in [0.25, 0.3) is 0 Å². The van der Waals surface area contributed by atoms with E-state index in [4.69, 9.17) is 0 Å². The number of hydrogen-bond donors (Lipinski definition) is 0. The summed E-state index contributed by atoms with van der Waals surface area (Å²) in [5.41, 5.74) is 8.22. The third-order valence-corrected chi connectivity index (χ3v) is 20.8. The molecule has 0 aliphatic carbocycles. The molecule has 0 unspecified atom stereocenters. The Labute approximate surface area is 320 Å². The summed E-state index contributed by atoms with van der Waals surface area (Å²) in [7, 11) is 0. The van der Waals surface area contributed by atoms with Gasteiger partial charge in [-0.3, -0.25) is 0 Å². The molecule has 0 saturated carbocycles. The number of nitrogens with zero attached hydrogens (tertiary/aromatic N) is 1. The minimum absolute atomic E-state index is 1.12. The van der Waals surface area contributed by atoms with Crippen molar-refractivity contribution < 1.29 is 0 Å². The Hall–Kier alpha value is -6.42. The van der Waals surface area contributed by atoms with E-state index in [2.05, 4.69) is 241 Å². The Morgan fingerprint density at radius 1 is 0.259 bits per heavy atom.